The van der Waals surface area contributed by atoms with E-state index in [0.29, 0.717) is 18.0 Å². The molecule has 1 aliphatic rings. The fraction of sp³-hybridized carbons (Fsp3) is 0.462. The van der Waals surface area contributed by atoms with Gasteiger partial charge >= 0.3 is 0 Å². The van der Waals surface area contributed by atoms with Gasteiger partial charge in [-0.25, -0.2) is 0 Å². The number of hydrogen-bond acceptors (Lipinski definition) is 3. The molecule has 0 aromatic heterocycles. The van der Waals surface area contributed by atoms with Crippen LogP contribution in [0, 0.1) is 19.8 Å². The van der Waals surface area contributed by atoms with Crippen LogP contribution in [0.25, 0.3) is 0 Å². The summed E-state index contributed by atoms with van der Waals surface area (Å²) in [5.74, 6) is 0.727. The highest BCUT2D eigenvalue weighted by Crippen LogP contribution is 2.28. The van der Waals surface area contributed by atoms with E-state index in [-0.39, 0.29) is 11.7 Å². The van der Waals surface area contributed by atoms with Crippen molar-refractivity contribution in [1.29, 1.82) is 0 Å². The van der Waals surface area contributed by atoms with E-state index in [1.54, 1.807) is 0 Å². The number of phenols is 1. The highest BCUT2D eigenvalue weighted by Gasteiger charge is 2.20. The van der Waals surface area contributed by atoms with Crippen LogP contribution >= 0.6 is 0 Å². The van der Waals surface area contributed by atoms with E-state index in [0.717, 1.165) is 24.2 Å². The van der Waals surface area contributed by atoms with Gasteiger partial charge in [0.05, 0.1) is 0 Å². The highest BCUT2D eigenvalue weighted by atomic mass is 16.3. The van der Waals surface area contributed by atoms with E-state index in [2.05, 4.69) is 10.6 Å². The van der Waals surface area contributed by atoms with Crippen LogP contribution in [0.5, 0.6) is 5.75 Å². The van der Waals surface area contributed by atoms with Crippen LogP contribution in [-0.2, 0) is 4.79 Å². The largest absolute Gasteiger partial charge is 0.507 e. The zero-order valence-electron chi connectivity index (χ0n) is 10.2. The molecule has 1 aromatic rings. The van der Waals surface area contributed by atoms with Gasteiger partial charge in [0.25, 0.3) is 0 Å². The second kappa shape index (κ2) is 4.75. The average molecular weight is 234 g/mol. The maximum atomic E-state index is 11.7. The van der Waals surface area contributed by atoms with Gasteiger partial charge in [0.2, 0.25) is 5.91 Å². The summed E-state index contributed by atoms with van der Waals surface area (Å²) >= 11 is 0. The Kier molecular flexibility index (Phi) is 3.33. The molecule has 0 radical (unpaired) electrons. The first-order valence-corrected chi connectivity index (χ1v) is 5.87. The average Bonchev–Trinajstić information content (AvgIpc) is 2.25. The Morgan fingerprint density at radius 3 is 2.76 bits per heavy atom. The Labute approximate surface area is 101 Å². The molecule has 0 bridgehead atoms. The molecule has 1 aliphatic heterocycles. The molecule has 0 atom stereocenters. The van der Waals surface area contributed by atoms with Crippen LogP contribution in [0.2, 0.25) is 0 Å². The Balaban J connectivity index is 2.02. The highest BCUT2D eigenvalue weighted by molar-refractivity contribution is 5.92. The van der Waals surface area contributed by atoms with Crippen LogP contribution in [-0.4, -0.2) is 24.1 Å². The van der Waals surface area contributed by atoms with E-state index in [1.165, 1.54) is 0 Å². The summed E-state index contributed by atoms with van der Waals surface area (Å²) in [4.78, 5) is 11.7. The van der Waals surface area contributed by atoms with Gasteiger partial charge in [-0.1, -0.05) is 6.07 Å². The third-order valence-electron chi connectivity index (χ3n) is 3.25. The molecule has 4 heteroatoms. The molecule has 1 fully saturated rings. The Morgan fingerprint density at radius 1 is 1.47 bits per heavy atom. The molecule has 1 saturated heterocycles. The van der Waals surface area contributed by atoms with Crippen molar-refractivity contribution in [3.8, 4) is 5.75 Å². The van der Waals surface area contributed by atoms with Crippen molar-refractivity contribution in [2.45, 2.75) is 20.3 Å². The monoisotopic (exact) mass is 234 g/mol. The van der Waals surface area contributed by atoms with E-state index in [4.69, 9.17) is 0 Å². The summed E-state index contributed by atoms with van der Waals surface area (Å²) in [6.07, 6.45) is 0.543. The van der Waals surface area contributed by atoms with Crippen molar-refractivity contribution in [2.75, 3.05) is 18.4 Å². The van der Waals surface area contributed by atoms with Crippen LogP contribution in [0.15, 0.2) is 12.1 Å². The van der Waals surface area contributed by atoms with Gasteiger partial charge in [0, 0.05) is 17.7 Å². The topological polar surface area (TPSA) is 61.4 Å². The minimum absolute atomic E-state index is 0.0165. The molecular weight excluding hydrogens is 216 g/mol. The number of aromatic hydroxyl groups is 1. The first-order chi connectivity index (χ1) is 8.08. The van der Waals surface area contributed by atoms with Crippen molar-refractivity contribution in [3.05, 3.63) is 23.3 Å². The van der Waals surface area contributed by atoms with Crippen molar-refractivity contribution in [3.63, 3.8) is 0 Å². The van der Waals surface area contributed by atoms with Gasteiger partial charge in [0.15, 0.2) is 0 Å². The van der Waals surface area contributed by atoms with Crippen LogP contribution < -0.4 is 10.6 Å². The quantitative estimate of drug-likeness (QED) is 0.743. The standard InChI is InChI=1S/C13H18N2O2/c1-8-3-4-11(9(2)13(8)17)15-12(16)5-10-6-14-7-10/h3-4,10,14,17H,5-7H2,1-2H3,(H,15,16). The number of phenolic OH excluding ortho intramolecular Hbond substituents is 1. The van der Waals surface area contributed by atoms with Crippen molar-refractivity contribution >= 4 is 11.6 Å². The van der Waals surface area contributed by atoms with Crippen LogP contribution in [0.1, 0.15) is 17.5 Å². The second-order valence-corrected chi connectivity index (χ2v) is 4.68. The lowest BCUT2D eigenvalue weighted by molar-refractivity contribution is -0.117. The van der Waals surface area contributed by atoms with Gasteiger partial charge in [-0.15, -0.1) is 0 Å². The van der Waals surface area contributed by atoms with E-state index in [1.807, 2.05) is 26.0 Å². The van der Waals surface area contributed by atoms with Crippen molar-refractivity contribution in [2.24, 2.45) is 5.92 Å². The molecule has 0 aliphatic carbocycles. The molecule has 0 unspecified atom stereocenters. The summed E-state index contributed by atoms with van der Waals surface area (Å²) in [5.41, 5.74) is 2.25. The summed E-state index contributed by atoms with van der Waals surface area (Å²) in [6, 6.07) is 3.64. The number of hydrogen-bond donors (Lipinski definition) is 3. The Bertz CT molecular complexity index is 439. The molecule has 1 aromatic carbocycles. The lowest BCUT2D eigenvalue weighted by Gasteiger charge is -2.26. The van der Waals surface area contributed by atoms with Crippen LogP contribution in [0.3, 0.4) is 0 Å². The third kappa shape index (κ3) is 2.58. The number of aryl methyl sites for hydroxylation is 1. The minimum Gasteiger partial charge on any atom is -0.507 e. The first kappa shape index (κ1) is 11.9. The van der Waals surface area contributed by atoms with Gasteiger partial charge in [0.1, 0.15) is 5.75 Å². The van der Waals surface area contributed by atoms with Crippen molar-refractivity contribution in [1.82, 2.24) is 5.32 Å². The van der Waals surface area contributed by atoms with Crippen molar-refractivity contribution < 1.29 is 9.90 Å². The van der Waals surface area contributed by atoms with Gasteiger partial charge < -0.3 is 15.7 Å². The van der Waals surface area contributed by atoms with E-state index >= 15 is 0 Å². The van der Waals surface area contributed by atoms with Crippen LogP contribution in [0.4, 0.5) is 5.69 Å². The molecule has 0 saturated carbocycles. The summed E-state index contributed by atoms with van der Waals surface area (Å²) in [5, 5.41) is 15.8. The smallest absolute Gasteiger partial charge is 0.224 e. The molecule has 4 nitrogen and oxygen atoms in total. The van der Waals surface area contributed by atoms with Gasteiger partial charge in [-0.3, -0.25) is 4.79 Å². The number of carbonyl (C=O) groups is 1. The fourth-order valence-corrected chi connectivity index (χ4v) is 1.93. The summed E-state index contributed by atoms with van der Waals surface area (Å²) < 4.78 is 0. The number of rotatable bonds is 3. The second-order valence-electron chi connectivity index (χ2n) is 4.68. The molecular formula is C13H18N2O2. The number of nitrogens with one attached hydrogen (secondary N) is 2. The third-order valence-corrected chi connectivity index (χ3v) is 3.25. The predicted molar refractivity (Wildman–Crippen MR) is 67.2 cm³/mol. The predicted octanol–water partition coefficient (Wildman–Crippen LogP) is 1.56. The number of amides is 1. The van der Waals surface area contributed by atoms with Gasteiger partial charge in [-0.2, -0.15) is 0 Å². The zero-order chi connectivity index (χ0) is 12.4. The molecule has 1 heterocycles. The number of carbonyl (C=O) groups excluding carboxylic acids is 1. The molecule has 17 heavy (non-hydrogen) atoms. The lowest BCUT2D eigenvalue weighted by Crippen LogP contribution is -2.43. The van der Waals surface area contributed by atoms with E-state index in [9.17, 15) is 9.90 Å². The SMILES string of the molecule is Cc1ccc(NC(=O)CC2CNC2)c(C)c1O. The van der Waals surface area contributed by atoms with Gasteiger partial charge in [-0.05, 0) is 44.5 Å². The van der Waals surface area contributed by atoms with E-state index < -0.39 is 0 Å². The maximum absolute atomic E-state index is 11.7. The Hall–Kier alpha value is -1.55. The number of anilines is 1. The Morgan fingerprint density at radius 2 is 2.18 bits per heavy atom. The summed E-state index contributed by atoms with van der Waals surface area (Å²) in [7, 11) is 0. The molecule has 3 N–H and O–H groups in total. The lowest BCUT2D eigenvalue weighted by atomic mass is 9.99. The molecule has 0 spiro atoms. The molecule has 2 rings (SSSR count). The molecule has 1 amide bonds. The summed E-state index contributed by atoms with van der Waals surface area (Å²) in [6.45, 7) is 5.49. The normalized spacial score (nSPS) is 15.4. The maximum Gasteiger partial charge on any atom is 0.224 e. The molecule has 92 valence electrons. The number of benzene rings is 1. The first-order valence-electron chi connectivity index (χ1n) is 5.87. The zero-order valence-corrected chi connectivity index (χ0v) is 10.2. The minimum atomic E-state index is 0.0165. The fourth-order valence-electron chi connectivity index (χ4n) is 1.93.